The molecule has 2 aliphatic rings. The van der Waals surface area contributed by atoms with Gasteiger partial charge in [-0.25, -0.2) is 14.2 Å². The number of carboxylic acid groups (broad SMARTS) is 1. The summed E-state index contributed by atoms with van der Waals surface area (Å²) in [6.45, 7) is 3.95. The normalized spacial score (nSPS) is 18.7. The van der Waals surface area contributed by atoms with Gasteiger partial charge < -0.3 is 40.3 Å². The fourth-order valence-electron chi connectivity index (χ4n) is 7.51. The SMILES string of the molecule is CN(C)CC[N+]1(CC(=O)O)CCC(C(=O)N2CCN(C(=O)c3ccc(NC(=O)c4ncc(Cc5c(-c6ccc(N)cc6F)n[nH]c5C(F)(F)F)[nH]4)cc3Cl)CC2)CC1. The van der Waals surface area contributed by atoms with Crippen LogP contribution >= 0.6 is 11.6 Å². The van der Waals surface area contributed by atoms with E-state index in [0.717, 1.165) is 12.6 Å². The number of piperidine rings is 1. The first-order valence-electron chi connectivity index (χ1n) is 18.6. The van der Waals surface area contributed by atoms with E-state index in [-0.39, 0.29) is 87.7 Å². The van der Waals surface area contributed by atoms with Gasteiger partial charge in [-0.3, -0.25) is 19.5 Å². The summed E-state index contributed by atoms with van der Waals surface area (Å²) in [7, 11) is 3.90. The minimum atomic E-state index is -4.84. The van der Waals surface area contributed by atoms with Gasteiger partial charge in [0.25, 0.3) is 11.8 Å². The molecular weight excluding hydrogens is 788 g/mol. The first kappa shape index (κ1) is 42.1. The molecule has 0 radical (unpaired) electrons. The van der Waals surface area contributed by atoms with Gasteiger partial charge in [-0.1, -0.05) is 11.6 Å². The second-order valence-corrected chi connectivity index (χ2v) is 15.4. The molecule has 4 heterocycles. The van der Waals surface area contributed by atoms with Crippen molar-refractivity contribution in [2.45, 2.75) is 25.4 Å². The number of alkyl halides is 3. The fraction of sp³-hybridized carbons (Fsp3) is 0.421. The van der Waals surface area contributed by atoms with Crippen molar-refractivity contribution in [3.63, 3.8) is 0 Å². The van der Waals surface area contributed by atoms with Gasteiger partial charge in [0.05, 0.1) is 35.9 Å². The molecule has 6 rings (SSSR count). The van der Waals surface area contributed by atoms with Gasteiger partial charge >= 0.3 is 12.1 Å². The van der Waals surface area contributed by atoms with Crippen molar-refractivity contribution >= 4 is 46.7 Å². The third-order valence-corrected chi connectivity index (χ3v) is 11.0. The highest BCUT2D eigenvalue weighted by molar-refractivity contribution is 6.34. The smallest absolute Gasteiger partial charge is 0.433 e. The third-order valence-electron chi connectivity index (χ3n) is 10.7. The largest absolute Gasteiger partial charge is 0.477 e. The number of aromatic amines is 2. The third kappa shape index (κ3) is 9.59. The molecule has 0 unspecified atom stereocenters. The molecule has 2 fully saturated rings. The number of carbonyl (C=O) groups excluding carboxylic acids is 3. The van der Waals surface area contributed by atoms with Crippen molar-refractivity contribution in [2.75, 3.05) is 84.0 Å². The number of aromatic nitrogens is 4. The summed E-state index contributed by atoms with van der Waals surface area (Å²) >= 11 is 6.51. The van der Waals surface area contributed by atoms with Gasteiger partial charge in [-0.15, -0.1) is 0 Å². The molecule has 0 atom stereocenters. The van der Waals surface area contributed by atoms with Crippen LogP contribution in [-0.4, -0.2) is 141 Å². The maximum absolute atomic E-state index is 14.7. The number of hydrogen-bond acceptors (Lipinski definition) is 8. The summed E-state index contributed by atoms with van der Waals surface area (Å²) in [6, 6.07) is 7.86. The lowest BCUT2D eigenvalue weighted by molar-refractivity contribution is -0.926. The Kier molecular flexibility index (Phi) is 12.4. The van der Waals surface area contributed by atoms with E-state index in [4.69, 9.17) is 17.3 Å². The highest BCUT2D eigenvalue weighted by Gasteiger charge is 2.40. The van der Waals surface area contributed by atoms with Crippen LogP contribution < -0.4 is 11.1 Å². The predicted octanol–water partition coefficient (Wildman–Crippen LogP) is 4.19. The van der Waals surface area contributed by atoms with Gasteiger partial charge in [0.15, 0.2) is 12.4 Å². The average Bonchev–Trinajstić information content (AvgIpc) is 3.82. The van der Waals surface area contributed by atoms with E-state index in [1.54, 1.807) is 9.80 Å². The van der Waals surface area contributed by atoms with E-state index < -0.39 is 36.0 Å². The van der Waals surface area contributed by atoms with Gasteiger partial charge in [-0.05, 0) is 50.5 Å². The quantitative estimate of drug-likeness (QED) is 0.0791. The number of nitrogens with one attached hydrogen (secondary N) is 3. The Bertz CT molecular complexity index is 2180. The Morgan fingerprint density at radius 2 is 1.74 bits per heavy atom. The number of nitrogens with zero attached hydrogens (tertiary/aromatic N) is 6. The summed E-state index contributed by atoms with van der Waals surface area (Å²) in [5.41, 5.74) is 4.17. The Balaban J connectivity index is 1.04. The molecule has 2 aliphatic heterocycles. The standard InChI is InChI=1S/C38H43ClF4N10O5/c1-50(2)13-16-53(21-31(54)55)14-7-22(8-15-53)36(57)51-9-11-52(12-10-51)37(58)26-6-4-24(19-29(26)39)47-35(56)34-45-20-25(46-34)18-28-32(48-49-33(28)38(41,42)43)27-5-3-23(44)17-30(27)40/h3-6,17,19-20,22H,7-16,18,21H2,1-2H3,(H5-,44,45,46,47,48,49,54,55,56,58)/p+1. The lowest BCUT2D eigenvalue weighted by Crippen LogP contribution is -2.59. The number of nitrogens with two attached hydrogens (primary N) is 1. The van der Waals surface area contributed by atoms with Crippen LogP contribution in [0, 0.1) is 11.7 Å². The number of piperazine rings is 1. The number of carbonyl (C=O) groups is 4. The number of rotatable bonds is 12. The maximum Gasteiger partial charge on any atom is 0.433 e. The number of nitrogen functional groups attached to an aromatic ring is 1. The number of amides is 3. The van der Waals surface area contributed by atoms with Crippen molar-refractivity contribution in [2.24, 2.45) is 5.92 Å². The van der Waals surface area contributed by atoms with E-state index in [0.29, 0.717) is 50.0 Å². The van der Waals surface area contributed by atoms with Crippen LogP contribution in [0.5, 0.6) is 0 Å². The number of hydrogen-bond donors (Lipinski definition) is 5. The molecule has 6 N–H and O–H groups in total. The van der Waals surface area contributed by atoms with E-state index in [1.165, 1.54) is 36.5 Å². The Labute approximate surface area is 335 Å². The topological polar surface area (TPSA) is 194 Å². The molecule has 0 saturated carbocycles. The van der Waals surface area contributed by atoms with Gasteiger partial charge in [0.1, 0.15) is 11.5 Å². The molecule has 310 valence electrons. The first-order chi connectivity index (χ1) is 27.4. The molecule has 0 bridgehead atoms. The van der Waals surface area contributed by atoms with Gasteiger partial charge in [0.2, 0.25) is 5.91 Å². The molecule has 2 aromatic heterocycles. The Hall–Kier alpha value is -5.53. The molecule has 0 spiro atoms. The molecule has 0 aliphatic carbocycles. The second-order valence-electron chi connectivity index (χ2n) is 15.0. The zero-order chi connectivity index (χ0) is 41.9. The number of likely N-dealkylation sites (N-methyl/N-ethyl adjacent to an activating group) is 1. The van der Waals surface area contributed by atoms with E-state index >= 15 is 0 Å². The molecule has 2 aromatic carbocycles. The van der Waals surface area contributed by atoms with Crippen LogP contribution in [0.1, 0.15) is 50.8 Å². The summed E-state index contributed by atoms with van der Waals surface area (Å²) < 4.78 is 56.8. The number of halogens is 5. The number of quaternary nitrogens is 1. The number of carboxylic acids is 1. The molecule has 3 amide bonds. The van der Waals surface area contributed by atoms with Crippen LogP contribution in [-0.2, 0) is 22.2 Å². The van der Waals surface area contributed by atoms with Crippen LogP contribution in [0.25, 0.3) is 11.3 Å². The summed E-state index contributed by atoms with van der Waals surface area (Å²) in [4.78, 5) is 63.7. The van der Waals surface area contributed by atoms with Crippen LogP contribution in [0.3, 0.4) is 0 Å². The van der Waals surface area contributed by atoms with E-state index in [1.807, 2.05) is 24.1 Å². The van der Waals surface area contributed by atoms with Crippen LogP contribution in [0.2, 0.25) is 5.02 Å². The van der Waals surface area contributed by atoms with Crippen molar-refractivity contribution in [1.82, 2.24) is 34.9 Å². The van der Waals surface area contributed by atoms with Crippen molar-refractivity contribution < 1.29 is 46.3 Å². The molecule has 58 heavy (non-hydrogen) atoms. The number of anilines is 2. The number of likely N-dealkylation sites (tertiary alicyclic amines) is 1. The Morgan fingerprint density at radius 3 is 2.36 bits per heavy atom. The van der Waals surface area contributed by atoms with E-state index in [9.17, 15) is 41.8 Å². The van der Waals surface area contributed by atoms with Crippen LogP contribution in [0.15, 0.2) is 42.6 Å². The monoisotopic (exact) mass is 831 g/mol. The molecule has 15 nitrogen and oxygen atoms in total. The average molecular weight is 832 g/mol. The predicted molar refractivity (Wildman–Crippen MR) is 205 cm³/mol. The van der Waals surface area contributed by atoms with Crippen LogP contribution in [0.4, 0.5) is 28.9 Å². The van der Waals surface area contributed by atoms with Crippen molar-refractivity contribution in [1.29, 1.82) is 0 Å². The zero-order valence-electron chi connectivity index (χ0n) is 31.8. The molecule has 4 aromatic rings. The summed E-state index contributed by atoms with van der Waals surface area (Å²) in [5.74, 6) is -3.22. The molecule has 20 heteroatoms. The highest BCUT2D eigenvalue weighted by Crippen LogP contribution is 2.37. The minimum Gasteiger partial charge on any atom is -0.477 e. The highest BCUT2D eigenvalue weighted by atomic mass is 35.5. The van der Waals surface area contributed by atoms with Gasteiger partial charge in [0, 0.05) is 92.3 Å². The maximum atomic E-state index is 14.7. The fourth-order valence-corrected chi connectivity index (χ4v) is 7.77. The second kappa shape index (κ2) is 17.1. The minimum absolute atomic E-state index is 0.0143. The zero-order valence-corrected chi connectivity index (χ0v) is 32.6. The first-order valence-corrected chi connectivity index (χ1v) is 18.9. The number of aliphatic carboxylic acids is 1. The summed E-state index contributed by atoms with van der Waals surface area (Å²) in [6.07, 6.45) is -2.89. The lowest BCUT2D eigenvalue weighted by Gasteiger charge is -2.44. The van der Waals surface area contributed by atoms with Crippen molar-refractivity contribution in [3.05, 3.63) is 81.8 Å². The number of imidazole rings is 1. The number of benzene rings is 2. The van der Waals surface area contributed by atoms with Crippen molar-refractivity contribution in [3.8, 4) is 11.3 Å². The molecular formula is C38H44ClF4N10O5+. The van der Waals surface area contributed by atoms with Gasteiger partial charge in [-0.2, -0.15) is 18.3 Å². The Morgan fingerprint density at radius 1 is 1.05 bits per heavy atom. The number of H-pyrrole nitrogens is 2. The lowest BCUT2D eigenvalue weighted by atomic mass is 9.92. The molecule has 2 saturated heterocycles. The summed E-state index contributed by atoms with van der Waals surface area (Å²) in [5, 5.41) is 17.9. The van der Waals surface area contributed by atoms with E-state index in [2.05, 4.69) is 20.4 Å².